The quantitative estimate of drug-likeness (QED) is 0.141. The van der Waals surface area contributed by atoms with Gasteiger partial charge in [-0.3, -0.25) is 19.8 Å². The Balaban J connectivity index is 0.920. The number of hydrogen-bond acceptors (Lipinski definition) is 12. The van der Waals surface area contributed by atoms with Gasteiger partial charge in [0.2, 0.25) is 27.8 Å². The van der Waals surface area contributed by atoms with E-state index in [0.717, 1.165) is 25.5 Å². The first-order chi connectivity index (χ1) is 28.9. The fourth-order valence-corrected chi connectivity index (χ4v) is 10.1. The lowest BCUT2D eigenvalue weighted by Crippen LogP contribution is -2.56. The summed E-state index contributed by atoms with van der Waals surface area (Å²) in [6, 6.07) is 7.73. The highest BCUT2D eigenvalue weighted by molar-refractivity contribution is 7.89. The van der Waals surface area contributed by atoms with Crippen molar-refractivity contribution in [3.63, 3.8) is 0 Å². The summed E-state index contributed by atoms with van der Waals surface area (Å²) in [7, 11) is -2.50. The van der Waals surface area contributed by atoms with E-state index in [9.17, 15) is 36.3 Å². The maximum Gasteiger partial charge on any atom is 0.421 e. The van der Waals surface area contributed by atoms with Gasteiger partial charge in [0.15, 0.2) is 0 Å². The Labute approximate surface area is 351 Å². The Kier molecular flexibility index (Phi) is 13.2. The lowest BCUT2D eigenvalue weighted by molar-refractivity contribution is -0.138. The van der Waals surface area contributed by atoms with Gasteiger partial charge in [-0.05, 0) is 88.1 Å². The molecule has 14 nitrogen and oxygen atoms in total. The van der Waals surface area contributed by atoms with Crippen LogP contribution in [0.1, 0.15) is 75.3 Å². The van der Waals surface area contributed by atoms with Crippen molar-refractivity contribution in [1.29, 1.82) is 0 Å². The molecule has 3 aromatic rings. The van der Waals surface area contributed by atoms with Crippen LogP contribution in [0.25, 0.3) is 0 Å². The summed E-state index contributed by atoms with van der Waals surface area (Å²) >= 11 is 0. The van der Waals surface area contributed by atoms with E-state index in [1.165, 1.54) is 23.1 Å². The molecule has 0 radical (unpaired) electrons. The highest BCUT2D eigenvalue weighted by Gasteiger charge is 2.39. The molecule has 4 N–H and O–H groups in total. The largest absolute Gasteiger partial charge is 0.421 e. The SMILES string of the molecule is COC[C@H]1CN(c2ccc(C3CCC(=O)NC3=O)c(F)c2)CCN1CC1CCC(NS(=O)(=O)c2ccc(Nc3ncc(C(F)(F)F)c(N4CCC(C)(O)CC4)n3)c(F)c2)CC1. The predicted molar refractivity (Wildman–Crippen MR) is 216 cm³/mol. The molecule has 20 heteroatoms. The molecule has 0 spiro atoms. The average molecular weight is 879 g/mol. The zero-order chi connectivity index (χ0) is 43.7. The second-order valence-electron chi connectivity index (χ2n) is 16.8. The number of amides is 2. The van der Waals surface area contributed by atoms with Crippen molar-refractivity contribution in [3.8, 4) is 0 Å². The summed E-state index contributed by atoms with van der Waals surface area (Å²) in [6.07, 6.45) is -0.611. The molecule has 2 atom stereocenters. The Morgan fingerprint density at radius 3 is 2.36 bits per heavy atom. The van der Waals surface area contributed by atoms with Crippen molar-refractivity contribution in [1.82, 2.24) is 24.9 Å². The van der Waals surface area contributed by atoms with Crippen LogP contribution in [-0.4, -0.2) is 111 Å². The molecule has 4 aliphatic rings. The van der Waals surface area contributed by atoms with Gasteiger partial charge in [-0.1, -0.05) is 6.07 Å². The van der Waals surface area contributed by atoms with Crippen molar-refractivity contribution in [2.75, 3.05) is 68.1 Å². The minimum absolute atomic E-state index is 0.0152. The number of nitrogens with one attached hydrogen (secondary N) is 3. The Morgan fingerprint density at radius 1 is 0.967 bits per heavy atom. The van der Waals surface area contributed by atoms with E-state index in [2.05, 4.69) is 35.1 Å². The number of carbonyl (C=O) groups is 2. The number of piperidine rings is 2. The highest BCUT2D eigenvalue weighted by atomic mass is 32.2. The minimum atomic E-state index is -4.76. The van der Waals surface area contributed by atoms with Gasteiger partial charge in [0.1, 0.15) is 23.0 Å². The van der Waals surface area contributed by atoms with Crippen LogP contribution in [0.15, 0.2) is 47.5 Å². The van der Waals surface area contributed by atoms with Crippen LogP contribution < -0.4 is 25.2 Å². The number of sulfonamides is 1. The van der Waals surface area contributed by atoms with Crippen LogP contribution in [0.2, 0.25) is 0 Å². The molecule has 4 fully saturated rings. The highest BCUT2D eigenvalue weighted by Crippen LogP contribution is 2.38. The van der Waals surface area contributed by atoms with E-state index in [1.54, 1.807) is 20.1 Å². The number of piperazine rings is 1. The molecule has 1 saturated carbocycles. The number of halogens is 5. The number of imide groups is 1. The average Bonchev–Trinajstić information content (AvgIpc) is 3.20. The van der Waals surface area contributed by atoms with Crippen LogP contribution in [0.4, 0.5) is 45.1 Å². The first-order valence-corrected chi connectivity index (χ1v) is 22.0. The second-order valence-corrected chi connectivity index (χ2v) is 18.5. The number of rotatable bonds is 12. The fourth-order valence-electron chi connectivity index (χ4n) is 8.75. The molecule has 2 aromatic carbocycles. The lowest BCUT2D eigenvalue weighted by atomic mass is 9.85. The molecular weight excluding hydrogens is 828 g/mol. The normalized spacial score (nSPS) is 24.1. The van der Waals surface area contributed by atoms with E-state index in [1.807, 2.05) is 6.07 Å². The summed E-state index contributed by atoms with van der Waals surface area (Å²) in [6.45, 7) is 5.00. The number of aromatic nitrogens is 2. The fraction of sp³-hybridized carbons (Fsp3) is 0.561. The van der Waals surface area contributed by atoms with Gasteiger partial charge in [0.25, 0.3) is 0 Å². The van der Waals surface area contributed by atoms with Crippen molar-refractivity contribution < 1.29 is 49.8 Å². The van der Waals surface area contributed by atoms with E-state index >= 15 is 8.78 Å². The Bertz CT molecular complexity index is 2200. The van der Waals surface area contributed by atoms with Crippen LogP contribution in [0.3, 0.4) is 0 Å². The third-order valence-corrected chi connectivity index (χ3v) is 13.8. The van der Waals surface area contributed by atoms with Gasteiger partial charge in [0.05, 0.1) is 34.8 Å². The first kappa shape index (κ1) is 44.6. The number of carbonyl (C=O) groups excluding carboxylic acids is 2. The van der Waals surface area contributed by atoms with Crippen LogP contribution in [0, 0.1) is 17.6 Å². The smallest absolute Gasteiger partial charge is 0.390 e. The zero-order valence-electron chi connectivity index (χ0n) is 34.0. The van der Waals surface area contributed by atoms with Gasteiger partial charge in [-0.2, -0.15) is 18.2 Å². The van der Waals surface area contributed by atoms with Gasteiger partial charge in [-0.25, -0.2) is 26.9 Å². The van der Waals surface area contributed by atoms with Gasteiger partial charge in [0, 0.05) is 76.3 Å². The molecule has 1 aromatic heterocycles. The molecule has 332 valence electrons. The standard InChI is InChI=1S/C41H51F5N8O6S/c1-40(57)13-15-52(16-14-40)37-32(41(44,45)46)21-47-39(50-37)48-35-11-8-29(20-34(35)43)61(58,59)51-26-5-3-25(4-6-26)22-53-17-18-54(23-28(53)24-60-2)27-7-9-30(33(42)19-27)31-10-12-36(55)49-38(31)56/h7-9,11,19-21,25-26,28,31,51,57H,3-6,10,12-18,22-24H2,1-2H3,(H,47,48,50)(H,49,55,56)/t25?,26?,28-,31?/m1/s1. The molecular formula is C41H51F5N8O6S. The van der Waals surface area contributed by atoms with E-state index in [4.69, 9.17) is 4.74 Å². The molecule has 3 saturated heterocycles. The summed E-state index contributed by atoms with van der Waals surface area (Å²) in [4.78, 5) is 37.3. The monoisotopic (exact) mass is 878 g/mol. The number of methoxy groups -OCH3 is 1. The molecule has 1 unspecified atom stereocenters. The van der Waals surface area contributed by atoms with Crippen LogP contribution in [-0.2, 0) is 30.5 Å². The van der Waals surface area contributed by atoms with Crippen molar-refractivity contribution in [3.05, 3.63) is 65.4 Å². The predicted octanol–water partition coefficient (Wildman–Crippen LogP) is 5.06. The van der Waals surface area contributed by atoms with Crippen molar-refractivity contribution in [2.45, 2.75) is 93.0 Å². The van der Waals surface area contributed by atoms with Crippen LogP contribution in [0.5, 0.6) is 0 Å². The third-order valence-electron chi connectivity index (χ3n) is 12.3. The minimum Gasteiger partial charge on any atom is -0.390 e. The van der Waals surface area contributed by atoms with Gasteiger partial charge >= 0.3 is 6.18 Å². The summed E-state index contributed by atoms with van der Waals surface area (Å²) in [5.41, 5.74) is -1.34. The number of anilines is 4. The number of hydrogen-bond donors (Lipinski definition) is 4. The number of ether oxygens (including phenoxy) is 1. The lowest BCUT2D eigenvalue weighted by Gasteiger charge is -2.44. The van der Waals surface area contributed by atoms with Crippen LogP contribution >= 0.6 is 0 Å². The number of alkyl halides is 3. The van der Waals surface area contributed by atoms with Gasteiger partial charge in [-0.15, -0.1) is 0 Å². The van der Waals surface area contributed by atoms with Crippen molar-refractivity contribution >= 4 is 45.0 Å². The third kappa shape index (κ3) is 10.6. The molecule has 61 heavy (non-hydrogen) atoms. The zero-order valence-corrected chi connectivity index (χ0v) is 34.8. The first-order valence-electron chi connectivity index (χ1n) is 20.5. The van der Waals surface area contributed by atoms with E-state index in [-0.39, 0.29) is 84.8 Å². The van der Waals surface area contributed by atoms with E-state index in [0.29, 0.717) is 51.0 Å². The van der Waals surface area contributed by atoms with E-state index < -0.39 is 56.6 Å². The molecule has 3 aliphatic heterocycles. The maximum absolute atomic E-state index is 15.4. The topological polar surface area (TPSA) is 169 Å². The maximum atomic E-state index is 15.4. The van der Waals surface area contributed by atoms with Crippen molar-refractivity contribution in [2.24, 2.45) is 5.92 Å². The molecule has 2 amide bonds. The molecule has 1 aliphatic carbocycles. The summed E-state index contributed by atoms with van der Waals surface area (Å²) < 4.78 is 107. The molecule has 7 rings (SSSR count). The Morgan fingerprint density at radius 2 is 1.70 bits per heavy atom. The summed E-state index contributed by atoms with van der Waals surface area (Å²) in [5, 5.41) is 15.1. The Hall–Kier alpha value is -4.50. The summed E-state index contributed by atoms with van der Waals surface area (Å²) in [5.74, 6) is -3.43. The number of nitrogens with zero attached hydrogens (tertiary/aromatic N) is 5. The van der Waals surface area contributed by atoms with Gasteiger partial charge < -0.3 is 25.0 Å². The molecule has 0 bridgehead atoms. The number of benzene rings is 2. The molecule has 4 heterocycles. The number of aliphatic hydroxyl groups is 1. The second kappa shape index (κ2) is 18.1.